The highest BCUT2D eigenvalue weighted by molar-refractivity contribution is 5.79. The number of aromatic nitrogens is 2. The molecule has 1 aliphatic rings. The molecule has 27 heavy (non-hydrogen) atoms. The lowest BCUT2D eigenvalue weighted by molar-refractivity contribution is 0.0242. The second-order valence-electron chi connectivity index (χ2n) is 7.75. The first-order valence-electron chi connectivity index (χ1n) is 8.89. The van der Waals surface area contributed by atoms with E-state index in [1.165, 1.54) is 0 Å². The van der Waals surface area contributed by atoms with E-state index in [9.17, 15) is 9.59 Å². The number of carbonyl (C=O) groups excluding carboxylic acids is 1. The van der Waals surface area contributed by atoms with Gasteiger partial charge in [0.05, 0.1) is 10.9 Å². The molecule has 4 rings (SSSR count). The van der Waals surface area contributed by atoms with Crippen LogP contribution in [0.4, 0.5) is 4.79 Å². The summed E-state index contributed by atoms with van der Waals surface area (Å²) in [5.41, 5.74) is 2.91. The van der Waals surface area contributed by atoms with Crippen LogP contribution < -0.4 is 5.56 Å². The number of nitrogens with zero attached hydrogens (tertiary/aromatic N) is 2. The smallest absolute Gasteiger partial charge is 0.410 e. The average molecular weight is 363 g/mol. The van der Waals surface area contributed by atoms with Crippen molar-refractivity contribution in [2.45, 2.75) is 39.5 Å². The normalized spacial score (nSPS) is 13.7. The van der Waals surface area contributed by atoms with Gasteiger partial charge in [-0.15, -0.1) is 0 Å². The van der Waals surface area contributed by atoms with E-state index in [0.29, 0.717) is 29.8 Å². The topological polar surface area (TPSA) is 75.3 Å². The molecule has 0 fully saturated rings. The highest BCUT2D eigenvalue weighted by atomic mass is 16.6. The molecule has 2 aromatic carbocycles. The molecule has 0 saturated carbocycles. The zero-order chi connectivity index (χ0) is 19.2. The van der Waals surface area contributed by atoms with Gasteiger partial charge in [-0.05, 0) is 50.1 Å². The van der Waals surface area contributed by atoms with Gasteiger partial charge in [-0.2, -0.15) is 0 Å². The number of carbonyl (C=O) groups is 1. The van der Waals surface area contributed by atoms with Crippen LogP contribution in [0.15, 0.2) is 47.3 Å². The molecule has 3 aromatic rings. The van der Waals surface area contributed by atoms with Crippen molar-refractivity contribution in [3.63, 3.8) is 0 Å². The van der Waals surface area contributed by atoms with Crippen LogP contribution in [0.1, 0.15) is 31.9 Å². The Labute approximate surface area is 156 Å². The Morgan fingerprint density at radius 3 is 2.63 bits per heavy atom. The Morgan fingerprint density at radius 2 is 1.85 bits per heavy atom. The van der Waals surface area contributed by atoms with Gasteiger partial charge in [0, 0.05) is 18.7 Å². The molecular formula is C21H21N3O3. The number of fused-ring (bicyclic) bond motifs is 2. The molecule has 0 bridgehead atoms. The van der Waals surface area contributed by atoms with Crippen molar-refractivity contribution in [3.05, 3.63) is 63.9 Å². The van der Waals surface area contributed by atoms with Crippen molar-refractivity contribution in [3.8, 4) is 11.4 Å². The number of amides is 1. The number of hydrogen-bond acceptors (Lipinski definition) is 4. The van der Waals surface area contributed by atoms with Gasteiger partial charge in [-0.25, -0.2) is 9.78 Å². The Morgan fingerprint density at radius 1 is 1.11 bits per heavy atom. The monoisotopic (exact) mass is 363 g/mol. The van der Waals surface area contributed by atoms with Crippen LogP contribution in [0.2, 0.25) is 0 Å². The van der Waals surface area contributed by atoms with Gasteiger partial charge in [-0.3, -0.25) is 9.69 Å². The van der Waals surface area contributed by atoms with Crippen molar-refractivity contribution in [2.75, 3.05) is 0 Å². The van der Waals surface area contributed by atoms with E-state index >= 15 is 0 Å². The van der Waals surface area contributed by atoms with Gasteiger partial charge in [-0.1, -0.05) is 24.3 Å². The summed E-state index contributed by atoms with van der Waals surface area (Å²) in [7, 11) is 0. The summed E-state index contributed by atoms with van der Waals surface area (Å²) < 4.78 is 5.46. The first-order chi connectivity index (χ1) is 12.8. The molecule has 6 heteroatoms. The van der Waals surface area contributed by atoms with Crippen molar-refractivity contribution < 1.29 is 9.53 Å². The van der Waals surface area contributed by atoms with E-state index in [1.807, 2.05) is 57.2 Å². The fourth-order valence-electron chi connectivity index (χ4n) is 3.22. The van der Waals surface area contributed by atoms with Crippen LogP contribution >= 0.6 is 0 Å². The van der Waals surface area contributed by atoms with Crippen molar-refractivity contribution in [1.82, 2.24) is 14.9 Å². The highest BCUT2D eigenvalue weighted by Crippen LogP contribution is 2.28. The van der Waals surface area contributed by atoms with E-state index in [1.54, 1.807) is 11.0 Å². The van der Waals surface area contributed by atoms with Gasteiger partial charge in [0.2, 0.25) is 0 Å². The highest BCUT2D eigenvalue weighted by Gasteiger charge is 2.28. The van der Waals surface area contributed by atoms with Gasteiger partial charge in [0.15, 0.2) is 0 Å². The molecule has 1 aliphatic heterocycles. The third-order valence-electron chi connectivity index (χ3n) is 4.47. The van der Waals surface area contributed by atoms with E-state index in [-0.39, 0.29) is 11.7 Å². The number of H-pyrrole nitrogens is 1. The van der Waals surface area contributed by atoms with E-state index < -0.39 is 5.60 Å². The lowest BCUT2D eigenvalue weighted by atomic mass is 10.1. The van der Waals surface area contributed by atoms with Gasteiger partial charge in [0.1, 0.15) is 11.4 Å². The quantitative estimate of drug-likeness (QED) is 0.713. The van der Waals surface area contributed by atoms with Crippen LogP contribution in [0.3, 0.4) is 0 Å². The number of benzene rings is 2. The standard InChI is InChI=1S/C21H21N3O3/c1-21(2,3)27-20(26)24-11-14-9-8-13(10-15(14)12-24)18-22-17-7-5-4-6-16(17)19(25)23-18/h4-10H,11-12H2,1-3H3,(H,22,23,25). The van der Waals surface area contributed by atoms with E-state index in [2.05, 4.69) is 9.97 Å². The number of para-hydroxylation sites is 1. The first kappa shape index (κ1) is 17.3. The SMILES string of the molecule is CC(C)(C)OC(=O)N1Cc2ccc(-c3nc4ccccc4c(=O)[nH]3)cc2C1. The van der Waals surface area contributed by atoms with Crippen LogP contribution in [0, 0.1) is 0 Å². The van der Waals surface area contributed by atoms with Crippen LogP contribution in [-0.2, 0) is 17.8 Å². The summed E-state index contributed by atoms with van der Waals surface area (Å²) in [5, 5.41) is 0.568. The Kier molecular flexibility index (Phi) is 3.98. The third-order valence-corrected chi connectivity index (χ3v) is 4.47. The number of aromatic amines is 1. The molecule has 0 spiro atoms. The predicted octanol–water partition coefficient (Wildman–Crippen LogP) is 3.84. The number of ether oxygens (including phenoxy) is 1. The number of rotatable bonds is 1. The molecule has 1 aromatic heterocycles. The molecule has 1 N–H and O–H groups in total. The molecular weight excluding hydrogens is 342 g/mol. The molecule has 1 amide bonds. The zero-order valence-electron chi connectivity index (χ0n) is 15.6. The minimum absolute atomic E-state index is 0.161. The van der Waals surface area contributed by atoms with E-state index in [0.717, 1.165) is 16.7 Å². The Balaban J connectivity index is 1.64. The summed E-state index contributed by atoms with van der Waals surface area (Å²) in [6.45, 7) is 6.57. The van der Waals surface area contributed by atoms with Crippen molar-refractivity contribution >= 4 is 17.0 Å². The maximum atomic E-state index is 12.3. The molecule has 0 unspecified atom stereocenters. The number of nitrogens with one attached hydrogen (secondary N) is 1. The maximum absolute atomic E-state index is 12.3. The second kappa shape index (κ2) is 6.23. The predicted molar refractivity (Wildman–Crippen MR) is 103 cm³/mol. The summed E-state index contributed by atoms with van der Waals surface area (Å²) in [4.78, 5) is 33.7. The molecule has 138 valence electrons. The Hall–Kier alpha value is -3.15. The van der Waals surface area contributed by atoms with Gasteiger partial charge in [0.25, 0.3) is 5.56 Å². The van der Waals surface area contributed by atoms with Crippen molar-refractivity contribution in [1.29, 1.82) is 0 Å². The van der Waals surface area contributed by atoms with Gasteiger partial charge >= 0.3 is 6.09 Å². The van der Waals surface area contributed by atoms with Crippen LogP contribution in [-0.4, -0.2) is 26.6 Å². The fraction of sp³-hybridized carbons (Fsp3) is 0.286. The molecule has 2 heterocycles. The lowest BCUT2D eigenvalue weighted by Crippen LogP contribution is -2.33. The first-order valence-corrected chi connectivity index (χ1v) is 8.89. The maximum Gasteiger partial charge on any atom is 0.410 e. The average Bonchev–Trinajstić information content (AvgIpc) is 3.04. The number of hydrogen-bond donors (Lipinski definition) is 1. The molecule has 0 radical (unpaired) electrons. The molecule has 0 atom stereocenters. The van der Waals surface area contributed by atoms with Crippen molar-refractivity contribution in [2.24, 2.45) is 0 Å². The summed E-state index contributed by atoms with van der Waals surface area (Å²) >= 11 is 0. The fourth-order valence-corrected chi connectivity index (χ4v) is 3.22. The minimum Gasteiger partial charge on any atom is -0.444 e. The van der Waals surface area contributed by atoms with E-state index in [4.69, 9.17) is 4.74 Å². The van der Waals surface area contributed by atoms with Crippen LogP contribution in [0.25, 0.3) is 22.3 Å². The summed E-state index contributed by atoms with van der Waals surface area (Å²) in [6.07, 6.45) is -0.322. The minimum atomic E-state index is -0.522. The third kappa shape index (κ3) is 3.43. The summed E-state index contributed by atoms with van der Waals surface area (Å²) in [6, 6.07) is 13.1. The van der Waals surface area contributed by atoms with Gasteiger partial charge < -0.3 is 9.72 Å². The zero-order valence-corrected chi connectivity index (χ0v) is 15.6. The molecule has 0 aliphatic carbocycles. The molecule has 6 nitrogen and oxygen atoms in total. The van der Waals surface area contributed by atoms with Crippen LogP contribution in [0.5, 0.6) is 0 Å². The molecule has 0 saturated heterocycles. The summed E-state index contributed by atoms with van der Waals surface area (Å²) in [5.74, 6) is 0.525. The Bertz CT molecular complexity index is 1100. The largest absolute Gasteiger partial charge is 0.444 e. The second-order valence-corrected chi connectivity index (χ2v) is 7.75. The lowest BCUT2D eigenvalue weighted by Gasteiger charge is -2.24.